The zero-order valence-electron chi connectivity index (χ0n) is 5.22. The largest absolute Gasteiger partial charge is 0.303 e. The number of nitrogens with one attached hydrogen (secondary N) is 1. The van der Waals surface area contributed by atoms with Gasteiger partial charge in [-0.3, -0.25) is 4.79 Å². The molecule has 0 aliphatic rings. The molecule has 0 aliphatic heterocycles. The monoisotopic (exact) mass is 229 g/mol. The molecule has 0 saturated heterocycles. The van der Waals surface area contributed by atoms with Crippen molar-refractivity contribution in [3.05, 3.63) is 26.5 Å². The molecule has 0 amide bonds. The molecule has 2 aromatic rings. The molecule has 5 heteroatoms. The molecule has 0 saturated carbocycles. The molecule has 1 N–H and O–H groups in total. The standard InChI is InChI=1S/C6H2BrN2OS/c7-4-1-3-5(11-4)6(10)9-2-8-3/h1H,(H,8,9,10). The average molecular weight is 230 g/mol. The van der Waals surface area contributed by atoms with Crippen LogP contribution in [-0.4, -0.2) is 9.97 Å². The van der Waals surface area contributed by atoms with Crippen LogP contribution >= 0.6 is 27.3 Å². The van der Waals surface area contributed by atoms with E-state index >= 15 is 0 Å². The lowest BCUT2D eigenvalue weighted by Gasteiger charge is -1.81. The van der Waals surface area contributed by atoms with Gasteiger partial charge in [-0.15, -0.1) is 11.3 Å². The predicted octanol–water partition coefficient (Wildman–Crippen LogP) is 1.55. The Hall–Kier alpha value is -0.680. The van der Waals surface area contributed by atoms with E-state index in [-0.39, 0.29) is 5.56 Å². The van der Waals surface area contributed by atoms with Gasteiger partial charge in [0, 0.05) is 0 Å². The quantitative estimate of drug-likeness (QED) is 0.746. The van der Waals surface area contributed by atoms with Gasteiger partial charge in [-0.05, 0) is 22.0 Å². The van der Waals surface area contributed by atoms with Crippen LogP contribution in [0.5, 0.6) is 0 Å². The van der Waals surface area contributed by atoms with Gasteiger partial charge in [-0.25, -0.2) is 4.98 Å². The van der Waals surface area contributed by atoms with Crippen LogP contribution in [0, 0.1) is 6.33 Å². The van der Waals surface area contributed by atoms with Crippen molar-refractivity contribution in [3.8, 4) is 0 Å². The first-order valence-corrected chi connectivity index (χ1v) is 4.44. The van der Waals surface area contributed by atoms with Crippen molar-refractivity contribution >= 4 is 37.5 Å². The Morgan fingerprint density at radius 3 is 3.27 bits per heavy atom. The van der Waals surface area contributed by atoms with E-state index in [4.69, 9.17) is 0 Å². The van der Waals surface area contributed by atoms with E-state index in [1.54, 1.807) is 6.07 Å². The number of halogens is 1. The normalized spacial score (nSPS) is 10.6. The maximum absolute atomic E-state index is 11.1. The lowest BCUT2D eigenvalue weighted by atomic mass is 10.5. The van der Waals surface area contributed by atoms with E-state index in [2.05, 4.69) is 32.2 Å². The van der Waals surface area contributed by atoms with Crippen LogP contribution in [0.4, 0.5) is 0 Å². The van der Waals surface area contributed by atoms with Gasteiger partial charge in [-0.2, -0.15) is 0 Å². The molecule has 0 atom stereocenters. The summed E-state index contributed by atoms with van der Waals surface area (Å²) >= 11 is 4.64. The van der Waals surface area contributed by atoms with Crippen LogP contribution in [0.15, 0.2) is 14.6 Å². The van der Waals surface area contributed by atoms with Crippen molar-refractivity contribution in [3.63, 3.8) is 0 Å². The molecule has 55 valence electrons. The van der Waals surface area contributed by atoms with E-state index in [0.717, 1.165) is 3.79 Å². The number of thiophene rings is 1. The van der Waals surface area contributed by atoms with Crippen molar-refractivity contribution < 1.29 is 0 Å². The van der Waals surface area contributed by atoms with Crippen molar-refractivity contribution in [1.29, 1.82) is 0 Å². The van der Waals surface area contributed by atoms with Gasteiger partial charge in [0.1, 0.15) is 4.70 Å². The third-order valence-electron chi connectivity index (χ3n) is 1.23. The highest BCUT2D eigenvalue weighted by atomic mass is 79.9. The summed E-state index contributed by atoms with van der Waals surface area (Å²) in [6.45, 7) is 0. The van der Waals surface area contributed by atoms with Crippen molar-refractivity contribution in [2.45, 2.75) is 0 Å². The molecule has 1 radical (unpaired) electrons. The second kappa shape index (κ2) is 2.42. The van der Waals surface area contributed by atoms with Gasteiger partial charge < -0.3 is 4.98 Å². The fourth-order valence-electron chi connectivity index (χ4n) is 0.794. The van der Waals surface area contributed by atoms with Gasteiger partial charge in [-0.1, -0.05) is 0 Å². The molecule has 0 aliphatic carbocycles. The second-order valence-electron chi connectivity index (χ2n) is 1.94. The third-order valence-corrected chi connectivity index (χ3v) is 2.86. The molecule has 2 heterocycles. The molecule has 0 spiro atoms. The topological polar surface area (TPSA) is 45.8 Å². The first-order valence-electron chi connectivity index (χ1n) is 2.83. The van der Waals surface area contributed by atoms with Crippen LogP contribution < -0.4 is 5.56 Å². The van der Waals surface area contributed by atoms with Crippen LogP contribution in [0.2, 0.25) is 0 Å². The lowest BCUT2D eigenvalue weighted by molar-refractivity contribution is 1.16. The van der Waals surface area contributed by atoms with E-state index in [1.807, 2.05) is 0 Å². The molecular weight excluding hydrogens is 228 g/mol. The minimum Gasteiger partial charge on any atom is -0.303 e. The number of hydrogen-bond donors (Lipinski definition) is 1. The summed E-state index contributed by atoms with van der Waals surface area (Å²) in [4.78, 5) is 17.3. The highest BCUT2D eigenvalue weighted by Gasteiger charge is 2.02. The Morgan fingerprint density at radius 1 is 1.73 bits per heavy atom. The highest BCUT2D eigenvalue weighted by Crippen LogP contribution is 2.24. The molecule has 0 aromatic carbocycles. The summed E-state index contributed by atoms with van der Waals surface area (Å²) in [5.41, 5.74) is 0.552. The summed E-state index contributed by atoms with van der Waals surface area (Å²) in [5.74, 6) is 0. The smallest absolute Gasteiger partial charge is 0.269 e. The van der Waals surface area contributed by atoms with Crippen LogP contribution in [-0.2, 0) is 0 Å². The zero-order valence-corrected chi connectivity index (χ0v) is 7.62. The van der Waals surface area contributed by atoms with Crippen molar-refractivity contribution in [2.75, 3.05) is 0 Å². The summed E-state index contributed by atoms with van der Waals surface area (Å²) in [7, 11) is 0. The molecule has 2 aromatic heterocycles. The van der Waals surface area contributed by atoms with Crippen molar-refractivity contribution in [2.24, 2.45) is 0 Å². The number of rotatable bonds is 0. The zero-order chi connectivity index (χ0) is 7.84. The minimum atomic E-state index is -0.134. The van der Waals surface area contributed by atoms with Crippen LogP contribution in [0.1, 0.15) is 0 Å². The van der Waals surface area contributed by atoms with Gasteiger partial charge in [0.15, 0.2) is 6.33 Å². The average Bonchev–Trinajstić information content (AvgIpc) is 2.31. The first-order chi connectivity index (χ1) is 5.27. The molecular formula is C6H2BrN2OS. The maximum Gasteiger partial charge on any atom is 0.269 e. The van der Waals surface area contributed by atoms with E-state index in [9.17, 15) is 4.79 Å². The Labute approximate surface area is 74.2 Å². The fraction of sp³-hybridized carbons (Fsp3) is 0. The van der Waals surface area contributed by atoms with Crippen LogP contribution in [0.3, 0.4) is 0 Å². The molecule has 0 fully saturated rings. The number of hydrogen-bond acceptors (Lipinski definition) is 3. The van der Waals surface area contributed by atoms with E-state index in [1.165, 1.54) is 11.3 Å². The van der Waals surface area contributed by atoms with Gasteiger partial charge in [0.05, 0.1) is 9.30 Å². The second-order valence-corrected chi connectivity index (χ2v) is 4.37. The number of aromatic amines is 1. The number of H-pyrrole nitrogens is 1. The van der Waals surface area contributed by atoms with E-state index in [0.29, 0.717) is 10.2 Å². The maximum atomic E-state index is 11.1. The molecule has 11 heavy (non-hydrogen) atoms. The highest BCUT2D eigenvalue weighted by molar-refractivity contribution is 9.11. The van der Waals surface area contributed by atoms with Crippen LogP contribution in [0.25, 0.3) is 10.2 Å². The SMILES string of the molecule is O=c1[nH][c]nc2cc(Br)sc12. The van der Waals surface area contributed by atoms with Gasteiger partial charge >= 0.3 is 0 Å². The fourth-order valence-corrected chi connectivity index (χ4v) is 2.21. The Kier molecular flexibility index (Phi) is 1.54. The minimum absolute atomic E-state index is 0.134. The lowest BCUT2D eigenvalue weighted by Crippen LogP contribution is -2.03. The summed E-state index contributed by atoms with van der Waals surface area (Å²) < 4.78 is 1.54. The summed E-state index contributed by atoms with van der Waals surface area (Å²) in [6.07, 6.45) is 2.42. The third kappa shape index (κ3) is 1.10. The number of nitrogens with zero attached hydrogens (tertiary/aromatic N) is 1. The Balaban J connectivity index is 3.02. The molecule has 0 bridgehead atoms. The number of aromatic nitrogens is 2. The predicted molar refractivity (Wildman–Crippen MR) is 46.8 cm³/mol. The molecule has 0 unspecified atom stereocenters. The first kappa shape index (κ1) is 7.00. The Morgan fingerprint density at radius 2 is 2.55 bits per heavy atom. The summed E-state index contributed by atoms with van der Waals surface area (Å²) in [6, 6.07) is 1.80. The summed E-state index contributed by atoms with van der Waals surface area (Å²) in [5, 5.41) is 0. The van der Waals surface area contributed by atoms with Gasteiger partial charge in [0.2, 0.25) is 0 Å². The van der Waals surface area contributed by atoms with E-state index < -0.39 is 0 Å². The number of fused-ring (bicyclic) bond motifs is 1. The molecule has 3 nitrogen and oxygen atoms in total. The van der Waals surface area contributed by atoms with Gasteiger partial charge in [0.25, 0.3) is 5.56 Å². The van der Waals surface area contributed by atoms with Crippen molar-refractivity contribution in [1.82, 2.24) is 9.97 Å². The molecule has 2 rings (SSSR count). The Bertz CT molecular complexity index is 447.